The molecule has 2 saturated heterocycles. The number of likely N-dealkylation sites (tertiary alicyclic amines) is 2. The largest absolute Gasteiger partial charge is 0.396 e. The molecule has 3 heterocycles. The zero-order valence-electron chi connectivity index (χ0n) is 16.2. The van der Waals surface area contributed by atoms with Crippen molar-refractivity contribution in [3.05, 3.63) is 23.9 Å². The third kappa shape index (κ3) is 4.94. The van der Waals surface area contributed by atoms with E-state index in [1.54, 1.807) is 0 Å². The molecule has 6 heteroatoms. The van der Waals surface area contributed by atoms with Crippen LogP contribution in [0.3, 0.4) is 0 Å². The van der Waals surface area contributed by atoms with Crippen LogP contribution in [0.15, 0.2) is 18.3 Å². The quantitative estimate of drug-likeness (QED) is 0.751. The molecule has 0 bridgehead atoms. The molecule has 2 fully saturated rings. The molecule has 1 aromatic rings. The number of aromatic nitrogens is 1. The molecule has 0 spiro atoms. The van der Waals surface area contributed by atoms with E-state index < -0.39 is 0 Å². The lowest BCUT2D eigenvalue weighted by molar-refractivity contribution is 0.106. The topological polar surface area (TPSA) is 63.1 Å². The van der Waals surface area contributed by atoms with Crippen LogP contribution in [0.4, 0.5) is 5.82 Å². The number of piperidine rings is 1. The molecule has 2 aliphatic heterocycles. The minimum Gasteiger partial charge on any atom is -0.396 e. The fourth-order valence-electron chi connectivity index (χ4n) is 4.29. The molecule has 0 amide bonds. The van der Waals surface area contributed by atoms with Gasteiger partial charge in [0.25, 0.3) is 0 Å². The first kappa shape index (κ1) is 19.5. The third-order valence-electron chi connectivity index (χ3n) is 6.02. The summed E-state index contributed by atoms with van der Waals surface area (Å²) in [5.74, 6) is 2.35. The first-order valence-electron chi connectivity index (χ1n) is 9.87. The van der Waals surface area contributed by atoms with E-state index in [-0.39, 0.29) is 6.61 Å². The average molecular weight is 363 g/mol. The Bertz CT molecular complexity index is 543. The van der Waals surface area contributed by atoms with Gasteiger partial charge in [0.1, 0.15) is 5.82 Å². The van der Waals surface area contributed by atoms with E-state index in [1.807, 2.05) is 25.2 Å². The van der Waals surface area contributed by atoms with E-state index in [0.29, 0.717) is 24.4 Å². The monoisotopic (exact) mass is 362 g/mol. The average Bonchev–Trinajstić information content (AvgIpc) is 3.04. The van der Waals surface area contributed by atoms with Crippen molar-refractivity contribution >= 4 is 5.82 Å². The standard InChI is InChI=1S/C20H34N4O2/c1-22(2)20-4-3-17(9-21-20)10-24-12-18(19(13-24)15-26)11-23-7-5-16(14-25)6-8-23/h3-4,9,16,18-19,25-26H,5-8,10-15H2,1-2H3/t18-,19-/m1/s1. The summed E-state index contributed by atoms with van der Waals surface area (Å²) in [6, 6.07) is 4.22. The Hall–Kier alpha value is -1.21. The van der Waals surface area contributed by atoms with Crippen LogP contribution in [-0.2, 0) is 6.54 Å². The van der Waals surface area contributed by atoms with Crippen molar-refractivity contribution in [2.45, 2.75) is 19.4 Å². The fraction of sp³-hybridized carbons (Fsp3) is 0.750. The van der Waals surface area contributed by atoms with Crippen LogP contribution < -0.4 is 4.90 Å². The van der Waals surface area contributed by atoms with Crippen LogP contribution in [0.1, 0.15) is 18.4 Å². The van der Waals surface area contributed by atoms with Gasteiger partial charge in [0, 0.05) is 59.7 Å². The van der Waals surface area contributed by atoms with Crippen molar-refractivity contribution in [3.63, 3.8) is 0 Å². The summed E-state index contributed by atoms with van der Waals surface area (Å²) < 4.78 is 0. The molecule has 26 heavy (non-hydrogen) atoms. The second-order valence-corrected chi connectivity index (χ2v) is 8.24. The third-order valence-corrected chi connectivity index (χ3v) is 6.02. The van der Waals surface area contributed by atoms with Gasteiger partial charge in [-0.1, -0.05) is 6.07 Å². The Kier molecular flexibility index (Phi) is 6.86. The molecule has 3 rings (SSSR count). The molecule has 0 unspecified atom stereocenters. The van der Waals surface area contributed by atoms with Gasteiger partial charge in [0.15, 0.2) is 0 Å². The highest BCUT2D eigenvalue weighted by Crippen LogP contribution is 2.27. The predicted molar refractivity (Wildman–Crippen MR) is 104 cm³/mol. The molecule has 0 saturated carbocycles. The van der Waals surface area contributed by atoms with Crippen LogP contribution in [0.2, 0.25) is 0 Å². The predicted octanol–water partition coefficient (Wildman–Crippen LogP) is 0.892. The van der Waals surface area contributed by atoms with Crippen molar-refractivity contribution in [1.82, 2.24) is 14.8 Å². The number of nitrogens with zero attached hydrogens (tertiary/aromatic N) is 4. The van der Waals surface area contributed by atoms with E-state index >= 15 is 0 Å². The first-order chi connectivity index (χ1) is 12.6. The Balaban J connectivity index is 1.52. The summed E-state index contributed by atoms with van der Waals surface area (Å²) in [6.07, 6.45) is 4.16. The van der Waals surface area contributed by atoms with Gasteiger partial charge in [0.05, 0.1) is 0 Å². The highest BCUT2D eigenvalue weighted by atomic mass is 16.3. The van der Waals surface area contributed by atoms with E-state index in [2.05, 4.69) is 26.9 Å². The maximum absolute atomic E-state index is 9.83. The normalized spacial score (nSPS) is 25.7. The van der Waals surface area contributed by atoms with Crippen molar-refractivity contribution in [1.29, 1.82) is 0 Å². The smallest absolute Gasteiger partial charge is 0.127 e. The number of aliphatic hydroxyl groups excluding tert-OH is 2. The summed E-state index contributed by atoms with van der Waals surface area (Å²) in [5, 5.41) is 19.1. The van der Waals surface area contributed by atoms with Crippen molar-refractivity contribution in [2.75, 3.05) is 64.9 Å². The molecule has 146 valence electrons. The molecule has 0 aliphatic carbocycles. The lowest BCUT2D eigenvalue weighted by Gasteiger charge is -2.33. The van der Waals surface area contributed by atoms with E-state index in [1.165, 1.54) is 5.56 Å². The van der Waals surface area contributed by atoms with Crippen LogP contribution >= 0.6 is 0 Å². The number of hydrogen-bond donors (Lipinski definition) is 2. The fourth-order valence-corrected chi connectivity index (χ4v) is 4.29. The summed E-state index contributed by atoms with van der Waals surface area (Å²) >= 11 is 0. The summed E-state index contributed by atoms with van der Waals surface area (Å²) in [7, 11) is 4.00. The Morgan fingerprint density at radius 1 is 1.04 bits per heavy atom. The number of aliphatic hydroxyl groups is 2. The number of pyridine rings is 1. The molecule has 6 nitrogen and oxygen atoms in total. The Labute approximate surface area is 157 Å². The first-order valence-corrected chi connectivity index (χ1v) is 9.87. The van der Waals surface area contributed by atoms with Gasteiger partial charge in [-0.3, -0.25) is 4.90 Å². The van der Waals surface area contributed by atoms with E-state index in [9.17, 15) is 10.2 Å². The number of rotatable bonds is 7. The lowest BCUT2D eigenvalue weighted by Crippen LogP contribution is -2.40. The molecule has 2 atom stereocenters. The maximum Gasteiger partial charge on any atom is 0.127 e. The lowest BCUT2D eigenvalue weighted by atomic mass is 9.93. The van der Waals surface area contributed by atoms with Gasteiger partial charge in [0.2, 0.25) is 0 Å². The SMILES string of the molecule is CN(C)c1ccc(CN2C[C@@H](CN3CCC(CO)CC3)[C@@H](CO)C2)cn1. The Morgan fingerprint density at radius 3 is 2.35 bits per heavy atom. The molecule has 2 N–H and O–H groups in total. The number of anilines is 1. The zero-order valence-corrected chi connectivity index (χ0v) is 16.2. The minimum atomic E-state index is 0.270. The minimum absolute atomic E-state index is 0.270. The van der Waals surface area contributed by atoms with Crippen molar-refractivity contribution in [3.8, 4) is 0 Å². The second-order valence-electron chi connectivity index (χ2n) is 8.24. The summed E-state index contributed by atoms with van der Waals surface area (Å²) in [5.41, 5.74) is 1.23. The molecule has 0 radical (unpaired) electrons. The molecule has 0 aromatic carbocycles. The van der Waals surface area contributed by atoms with Gasteiger partial charge in [-0.15, -0.1) is 0 Å². The van der Waals surface area contributed by atoms with Gasteiger partial charge < -0.3 is 20.0 Å². The highest BCUT2D eigenvalue weighted by Gasteiger charge is 2.34. The van der Waals surface area contributed by atoms with E-state index in [4.69, 9.17) is 0 Å². The molecular weight excluding hydrogens is 328 g/mol. The highest BCUT2D eigenvalue weighted by molar-refractivity contribution is 5.37. The van der Waals surface area contributed by atoms with Crippen LogP contribution in [0.5, 0.6) is 0 Å². The Morgan fingerprint density at radius 2 is 1.77 bits per heavy atom. The van der Waals surface area contributed by atoms with Gasteiger partial charge in [-0.2, -0.15) is 0 Å². The summed E-state index contributed by atoms with van der Waals surface area (Å²) in [4.78, 5) is 11.5. The van der Waals surface area contributed by atoms with Crippen LogP contribution in [0, 0.1) is 17.8 Å². The zero-order chi connectivity index (χ0) is 18.5. The van der Waals surface area contributed by atoms with Gasteiger partial charge >= 0.3 is 0 Å². The van der Waals surface area contributed by atoms with Crippen LogP contribution in [-0.4, -0.2) is 85.0 Å². The molecule has 1 aromatic heterocycles. The maximum atomic E-state index is 9.83. The number of hydrogen-bond acceptors (Lipinski definition) is 6. The van der Waals surface area contributed by atoms with Crippen molar-refractivity contribution in [2.24, 2.45) is 17.8 Å². The van der Waals surface area contributed by atoms with E-state index in [0.717, 1.165) is 57.9 Å². The van der Waals surface area contributed by atoms with Gasteiger partial charge in [-0.25, -0.2) is 4.98 Å². The molecular formula is C20H34N4O2. The molecule has 2 aliphatic rings. The van der Waals surface area contributed by atoms with Crippen LogP contribution in [0.25, 0.3) is 0 Å². The van der Waals surface area contributed by atoms with Gasteiger partial charge in [-0.05, 0) is 55.3 Å². The second kappa shape index (κ2) is 9.13. The van der Waals surface area contributed by atoms with Crippen molar-refractivity contribution < 1.29 is 10.2 Å². The summed E-state index contributed by atoms with van der Waals surface area (Å²) in [6.45, 7) is 6.73.